The van der Waals surface area contributed by atoms with Crippen molar-refractivity contribution >= 4 is 34.5 Å². The van der Waals surface area contributed by atoms with E-state index in [1.54, 1.807) is 13.2 Å². The second kappa shape index (κ2) is 10.1. The minimum absolute atomic E-state index is 0.210. The molecule has 0 bridgehead atoms. The Morgan fingerprint density at radius 2 is 2.00 bits per heavy atom. The van der Waals surface area contributed by atoms with Crippen LogP contribution in [-0.4, -0.2) is 39.4 Å². The fourth-order valence-corrected chi connectivity index (χ4v) is 4.05. The van der Waals surface area contributed by atoms with Crippen molar-refractivity contribution in [3.05, 3.63) is 65.3 Å². The number of carbonyl (C=O) groups excluding carboxylic acids is 1. The van der Waals surface area contributed by atoms with Crippen LogP contribution in [-0.2, 0) is 6.42 Å². The summed E-state index contributed by atoms with van der Waals surface area (Å²) in [6.45, 7) is 12.1. The number of benzene rings is 1. The van der Waals surface area contributed by atoms with Gasteiger partial charge in [-0.2, -0.15) is 0 Å². The highest BCUT2D eigenvalue weighted by atomic mass is 16.1. The third-order valence-electron chi connectivity index (χ3n) is 5.63. The molecule has 0 aliphatic carbocycles. The van der Waals surface area contributed by atoms with Gasteiger partial charge in [-0.3, -0.25) is 4.79 Å². The first-order valence-corrected chi connectivity index (χ1v) is 11.1. The number of anilines is 1. The zero-order chi connectivity index (χ0) is 23.3. The van der Waals surface area contributed by atoms with E-state index in [-0.39, 0.29) is 5.91 Å². The van der Waals surface area contributed by atoms with Gasteiger partial charge in [-0.05, 0) is 36.5 Å². The molecule has 0 saturated heterocycles. The Balaban J connectivity index is 0.000000186. The minimum atomic E-state index is -0.210. The van der Waals surface area contributed by atoms with Crippen LogP contribution in [0.3, 0.4) is 0 Å². The van der Waals surface area contributed by atoms with Gasteiger partial charge in [-0.15, -0.1) is 0 Å². The van der Waals surface area contributed by atoms with E-state index >= 15 is 0 Å². The maximum absolute atomic E-state index is 11.4. The van der Waals surface area contributed by atoms with Gasteiger partial charge in [-0.25, -0.2) is 9.97 Å². The molecule has 168 valence electrons. The van der Waals surface area contributed by atoms with Gasteiger partial charge in [0.2, 0.25) is 0 Å². The number of carbonyl (C=O) groups is 1. The van der Waals surface area contributed by atoms with Gasteiger partial charge in [0, 0.05) is 36.7 Å². The predicted octanol–water partition coefficient (Wildman–Crippen LogP) is 4.60. The predicted molar refractivity (Wildman–Crippen MR) is 132 cm³/mol. The zero-order valence-corrected chi connectivity index (χ0v) is 19.3. The van der Waals surface area contributed by atoms with Crippen LogP contribution in [0, 0.1) is 0 Å². The molecule has 4 N–H and O–H groups in total. The number of allylic oxidation sites excluding steroid dienone is 1. The Hall–Kier alpha value is -3.61. The van der Waals surface area contributed by atoms with E-state index in [1.165, 1.54) is 34.4 Å². The van der Waals surface area contributed by atoms with Crippen molar-refractivity contribution in [2.75, 3.05) is 19.3 Å². The molecule has 32 heavy (non-hydrogen) atoms. The van der Waals surface area contributed by atoms with Gasteiger partial charge in [-0.1, -0.05) is 45.5 Å². The number of rotatable bonds is 5. The monoisotopic (exact) mass is 432 g/mol. The van der Waals surface area contributed by atoms with E-state index in [0.717, 1.165) is 25.8 Å². The summed E-state index contributed by atoms with van der Waals surface area (Å²) in [5, 5.41) is 3.08. The Labute approximate surface area is 189 Å². The molecular weight excluding hydrogens is 400 g/mol. The highest BCUT2D eigenvalue weighted by Gasteiger charge is 2.22. The smallest absolute Gasteiger partial charge is 0.253 e. The van der Waals surface area contributed by atoms with Crippen molar-refractivity contribution in [3.8, 4) is 0 Å². The van der Waals surface area contributed by atoms with E-state index in [4.69, 9.17) is 5.73 Å². The summed E-state index contributed by atoms with van der Waals surface area (Å²) in [7, 11) is 1.56. The zero-order valence-electron chi connectivity index (χ0n) is 19.3. The fourth-order valence-electron chi connectivity index (χ4n) is 4.05. The molecule has 7 nitrogen and oxygen atoms in total. The first-order valence-electron chi connectivity index (χ1n) is 11.1. The number of nitrogens with zero attached hydrogens (tertiary/aromatic N) is 3. The molecule has 1 aromatic carbocycles. The van der Waals surface area contributed by atoms with Crippen LogP contribution in [0.5, 0.6) is 0 Å². The fraction of sp³-hybridized carbons (Fsp3) is 0.320. The second-order valence-electron chi connectivity index (χ2n) is 7.59. The van der Waals surface area contributed by atoms with Crippen molar-refractivity contribution in [1.29, 1.82) is 0 Å². The summed E-state index contributed by atoms with van der Waals surface area (Å²) in [5.74, 6) is 0.0904. The van der Waals surface area contributed by atoms with Crippen LogP contribution < -0.4 is 11.1 Å². The van der Waals surface area contributed by atoms with Crippen molar-refractivity contribution in [2.24, 2.45) is 0 Å². The molecule has 0 unspecified atom stereocenters. The Kier molecular flexibility index (Phi) is 7.30. The standard InChI is InChI=1S/C17H23N.C8H9N5O/c1-5-11-18-13(4)17-14(6-2)9-8-10-15(17)12-16(18)7-3;1-10-8(14)4-2-11-7-5(4)6(9)12-3-13-7/h8-10,12H,4-7,11H2,1-3H3;2-3H,1H3,(H,10,14)(H3,9,11,12,13). The molecule has 3 heterocycles. The molecule has 7 heteroatoms. The number of aromatic amines is 1. The summed E-state index contributed by atoms with van der Waals surface area (Å²) in [4.78, 5) is 24.4. The first kappa shape index (κ1) is 23.1. The lowest BCUT2D eigenvalue weighted by Gasteiger charge is -2.34. The summed E-state index contributed by atoms with van der Waals surface area (Å²) in [5.41, 5.74) is 13.3. The van der Waals surface area contributed by atoms with Crippen LogP contribution in [0.1, 0.15) is 60.7 Å². The van der Waals surface area contributed by atoms with Crippen LogP contribution in [0.15, 0.2) is 43.0 Å². The normalized spacial score (nSPS) is 12.7. The number of nitrogens with one attached hydrogen (secondary N) is 2. The molecule has 0 fully saturated rings. The summed E-state index contributed by atoms with van der Waals surface area (Å²) >= 11 is 0. The number of hydrogen-bond acceptors (Lipinski definition) is 5. The molecule has 3 aromatic rings. The quantitative estimate of drug-likeness (QED) is 0.547. The van der Waals surface area contributed by atoms with Crippen molar-refractivity contribution in [3.63, 3.8) is 0 Å². The number of aryl methyl sites for hydroxylation is 1. The van der Waals surface area contributed by atoms with Crippen LogP contribution >= 0.6 is 0 Å². The van der Waals surface area contributed by atoms with E-state index in [2.05, 4.69) is 76.8 Å². The summed E-state index contributed by atoms with van der Waals surface area (Å²) in [6.07, 6.45) is 8.53. The lowest BCUT2D eigenvalue weighted by atomic mass is 9.92. The molecule has 0 saturated carbocycles. The molecule has 0 atom stereocenters. The van der Waals surface area contributed by atoms with Gasteiger partial charge in [0.05, 0.1) is 10.9 Å². The second-order valence-corrected chi connectivity index (χ2v) is 7.59. The molecule has 2 aromatic heterocycles. The van der Waals surface area contributed by atoms with Crippen molar-refractivity contribution in [1.82, 2.24) is 25.2 Å². The third-order valence-corrected chi connectivity index (χ3v) is 5.63. The van der Waals surface area contributed by atoms with Gasteiger partial charge >= 0.3 is 0 Å². The largest absolute Gasteiger partial charge is 0.383 e. The average Bonchev–Trinajstić information content (AvgIpc) is 3.26. The summed E-state index contributed by atoms with van der Waals surface area (Å²) < 4.78 is 0. The van der Waals surface area contributed by atoms with Gasteiger partial charge in [0.15, 0.2) is 0 Å². The van der Waals surface area contributed by atoms with Crippen molar-refractivity contribution in [2.45, 2.75) is 40.0 Å². The lowest BCUT2D eigenvalue weighted by Crippen LogP contribution is -2.25. The number of nitrogen functional groups attached to an aromatic ring is 1. The number of amides is 1. The summed E-state index contributed by atoms with van der Waals surface area (Å²) in [6, 6.07) is 6.59. The lowest BCUT2D eigenvalue weighted by molar-refractivity contribution is 0.0964. The third kappa shape index (κ3) is 4.37. The van der Waals surface area contributed by atoms with Crippen LogP contribution in [0.2, 0.25) is 0 Å². The van der Waals surface area contributed by atoms with Crippen LogP contribution in [0.4, 0.5) is 5.82 Å². The van der Waals surface area contributed by atoms with Crippen LogP contribution in [0.25, 0.3) is 22.8 Å². The van der Waals surface area contributed by atoms with Gasteiger partial charge in [0.25, 0.3) is 5.91 Å². The Morgan fingerprint density at radius 3 is 2.66 bits per heavy atom. The molecule has 0 spiro atoms. The maximum Gasteiger partial charge on any atom is 0.253 e. The van der Waals surface area contributed by atoms with Crippen molar-refractivity contribution < 1.29 is 4.79 Å². The van der Waals surface area contributed by atoms with E-state index < -0.39 is 0 Å². The Bertz CT molecular complexity index is 1160. The number of aromatic nitrogens is 3. The topological polar surface area (TPSA) is 99.9 Å². The molecular formula is C25H32N6O. The molecule has 1 aliphatic rings. The Morgan fingerprint density at radius 1 is 1.22 bits per heavy atom. The first-order chi connectivity index (χ1) is 15.5. The SMILES string of the molecule is C=C1c2c(cccc2CC)C=C(CC)N1CCC.CNC(=O)c1c[nH]c2ncnc(N)c12. The number of hydrogen-bond donors (Lipinski definition) is 3. The average molecular weight is 433 g/mol. The molecule has 4 rings (SSSR count). The van der Waals surface area contributed by atoms with E-state index in [9.17, 15) is 4.79 Å². The minimum Gasteiger partial charge on any atom is -0.383 e. The number of nitrogens with two attached hydrogens (primary N) is 1. The highest BCUT2D eigenvalue weighted by Crippen LogP contribution is 2.35. The molecule has 1 amide bonds. The van der Waals surface area contributed by atoms with E-state index in [0.29, 0.717) is 22.4 Å². The maximum atomic E-state index is 11.4. The number of fused-ring (bicyclic) bond motifs is 2. The van der Waals surface area contributed by atoms with Gasteiger partial charge in [0.1, 0.15) is 17.8 Å². The number of H-pyrrole nitrogens is 1. The van der Waals surface area contributed by atoms with E-state index in [1.807, 2.05) is 0 Å². The molecule has 0 radical (unpaired) electrons. The highest BCUT2D eigenvalue weighted by molar-refractivity contribution is 6.09. The van der Waals surface area contributed by atoms with Gasteiger partial charge < -0.3 is 20.9 Å². The molecule has 1 aliphatic heterocycles.